The third-order valence-electron chi connectivity index (χ3n) is 4.40. The molecule has 3 aromatic heterocycles. The Kier molecular flexibility index (Phi) is 8.49. The van der Waals surface area contributed by atoms with Crippen LogP contribution in [0.15, 0.2) is 42.7 Å². The number of amides is 2. The maximum absolute atomic E-state index is 12.2. The monoisotopic (exact) mass is 464 g/mol. The minimum atomic E-state index is -0.513. The van der Waals surface area contributed by atoms with E-state index in [1.165, 1.54) is 6.20 Å². The Morgan fingerprint density at radius 3 is 2.18 bits per heavy atom. The smallest absolute Gasteiger partial charge is 0.407 e. The molecule has 0 fully saturated rings. The zero-order valence-electron chi connectivity index (χ0n) is 19.5. The molecular weight excluding hydrogens is 436 g/mol. The van der Waals surface area contributed by atoms with Gasteiger partial charge in [-0.25, -0.2) is 4.79 Å². The van der Waals surface area contributed by atoms with Crippen molar-refractivity contribution in [2.24, 2.45) is 0 Å². The fourth-order valence-corrected chi connectivity index (χ4v) is 2.84. The number of rotatable bonds is 9. The molecule has 0 bridgehead atoms. The second-order valence-corrected chi connectivity index (χ2v) is 8.48. The highest BCUT2D eigenvalue weighted by atomic mass is 16.6. The van der Waals surface area contributed by atoms with Gasteiger partial charge in [-0.1, -0.05) is 12.5 Å². The first-order valence-electron chi connectivity index (χ1n) is 11.0. The maximum Gasteiger partial charge on any atom is 0.407 e. The van der Waals surface area contributed by atoms with E-state index >= 15 is 0 Å². The average Bonchev–Trinajstić information content (AvgIpc) is 2.81. The SMILES string of the molecule is CC(C)(C)OC(=O)NCCCCCC(=O)Nc1ccc(-c2nnc(-c3ccccn3)nn2)nc1. The minimum Gasteiger partial charge on any atom is -0.444 e. The van der Waals surface area contributed by atoms with Crippen LogP contribution < -0.4 is 10.6 Å². The van der Waals surface area contributed by atoms with Gasteiger partial charge in [-0.05, 0) is 57.9 Å². The quantitative estimate of drug-likeness (QED) is 0.455. The molecule has 3 aromatic rings. The Hall–Kier alpha value is -4.02. The van der Waals surface area contributed by atoms with Gasteiger partial charge in [-0.2, -0.15) is 0 Å². The van der Waals surface area contributed by atoms with E-state index < -0.39 is 11.7 Å². The van der Waals surface area contributed by atoms with Crippen LogP contribution in [0.5, 0.6) is 0 Å². The highest BCUT2D eigenvalue weighted by Crippen LogP contribution is 2.15. The summed E-state index contributed by atoms with van der Waals surface area (Å²) in [6, 6.07) is 8.82. The molecule has 0 aromatic carbocycles. The fourth-order valence-electron chi connectivity index (χ4n) is 2.84. The molecule has 0 saturated heterocycles. The number of carbonyl (C=O) groups is 2. The number of aromatic nitrogens is 6. The highest BCUT2D eigenvalue weighted by molar-refractivity contribution is 5.90. The molecule has 11 nitrogen and oxygen atoms in total. The molecule has 2 amide bonds. The molecule has 0 radical (unpaired) electrons. The third-order valence-corrected chi connectivity index (χ3v) is 4.40. The lowest BCUT2D eigenvalue weighted by Gasteiger charge is -2.19. The van der Waals surface area contributed by atoms with E-state index in [9.17, 15) is 9.59 Å². The van der Waals surface area contributed by atoms with Crippen molar-refractivity contribution < 1.29 is 14.3 Å². The lowest BCUT2D eigenvalue weighted by atomic mass is 10.2. The van der Waals surface area contributed by atoms with E-state index in [1.54, 1.807) is 30.5 Å². The van der Waals surface area contributed by atoms with Crippen LogP contribution in [0.3, 0.4) is 0 Å². The highest BCUT2D eigenvalue weighted by Gasteiger charge is 2.15. The summed E-state index contributed by atoms with van der Waals surface area (Å²) < 4.78 is 5.17. The molecule has 178 valence electrons. The molecule has 3 heterocycles. The second-order valence-electron chi connectivity index (χ2n) is 8.48. The number of ether oxygens (including phenoxy) is 1. The molecule has 0 saturated carbocycles. The van der Waals surface area contributed by atoms with Gasteiger partial charge in [0, 0.05) is 19.2 Å². The van der Waals surface area contributed by atoms with Crippen molar-refractivity contribution in [2.75, 3.05) is 11.9 Å². The lowest BCUT2D eigenvalue weighted by Crippen LogP contribution is -2.33. The van der Waals surface area contributed by atoms with Crippen LogP contribution in [0.2, 0.25) is 0 Å². The van der Waals surface area contributed by atoms with Crippen LogP contribution >= 0.6 is 0 Å². The average molecular weight is 465 g/mol. The van der Waals surface area contributed by atoms with Gasteiger partial charge in [0.1, 0.15) is 17.0 Å². The van der Waals surface area contributed by atoms with Crippen LogP contribution in [-0.4, -0.2) is 54.5 Å². The van der Waals surface area contributed by atoms with E-state index in [-0.39, 0.29) is 11.7 Å². The van der Waals surface area contributed by atoms with Crippen molar-refractivity contribution in [2.45, 2.75) is 52.1 Å². The molecule has 0 aliphatic rings. The fraction of sp³-hybridized carbons (Fsp3) is 0.391. The van der Waals surface area contributed by atoms with Crippen LogP contribution in [0, 0.1) is 0 Å². The summed E-state index contributed by atoms with van der Waals surface area (Å²) in [7, 11) is 0. The molecule has 0 unspecified atom stereocenters. The Bertz CT molecular complexity index is 1070. The van der Waals surface area contributed by atoms with E-state index in [2.05, 4.69) is 41.0 Å². The summed E-state index contributed by atoms with van der Waals surface area (Å²) in [5.41, 5.74) is 1.13. The topological polar surface area (TPSA) is 145 Å². The molecule has 0 spiro atoms. The number of nitrogens with zero attached hydrogens (tertiary/aromatic N) is 6. The summed E-state index contributed by atoms with van der Waals surface area (Å²) in [4.78, 5) is 32.2. The molecule has 3 rings (SSSR count). The van der Waals surface area contributed by atoms with Crippen molar-refractivity contribution in [3.8, 4) is 23.0 Å². The van der Waals surface area contributed by atoms with Crippen molar-refractivity contribution in [1.82, 2.24) is 35.7 Å². The van der Waals surface area contributed by atoms with E-state index in [4.69, 9.17) is 4.74 Å². The summed E-state index contributed by atoms with van der Waals surface area (Å²) in [5, 5.41) is 21.7. The summed E-state index contributed by atoms with van der Waals surface area (Å²) in [6.07, 6.45) is 5.42. The first-order valence-corrected chi connectivity index (χ1v) is 11.0. The van der Waals surface area contributed by atoms with Gasteiger partial charge >= 0.3 is 6.09 Å². The van der Waals surface area contributed by atoms with Crippen LogP contribution in [0.4, 0.5) is 10.5 Å². The lowest BCUT2D eigenvalue weighted by molar-refractivity contribution is -0.116. The zero-order chi connectivity index (χ0) is 24.4. The number of anilines is 1. The van der Waals surface area contributed by atoms with Crippen molar-refractivity contribution in [3.05, 3.63) is 42.7 Å². The molecule has 0 aliphatic carbocycles. The number of hydrogen-bond acceptors (Lipinski definition) is 9. The number of carbonyl (C=O) groups excluding carboxylic acids is 2. The van der Waals surface area contributed by atoms with Gasteiger partial charge in [0.25, 0.3) is 0 Å². The summed E-state index contributed by atoms with van der Waals surface area (Å²) in [5.74, 6) is 0.500. The van der Waals surface area contributed by atoms with Crippen molar-refractivity contribution >= 4 is 17.7 Å². The van der Waals surface area contributed by atoms with Gasteiger partial charge in [-0.3, -0.25) is 14.8 Å². The van der Waals surface area contributed by atoms with Gasteiger partial charge in [0.2, 0.25) is 17.6 Å². The minimum absolute atomic E-state index is 0.103. The van der Waals surface area contributed by atoms with E-state index in [0.29, 0.717) is 42.3 Å². The van der Waals surface area contributed by atoms with Crippen LogP contribution in [0.25, 0.3) is 23.0 Å². The largest absolute Gasteiger partial charge is 0.444 e. The molecule has 2 N–H and O–H groups in total. The van der Waals surface area contributed by atoms with Gasteiger partial charge in [0.05, 0.1) is 11.9 Å². The Morgan fingerprint density at radius 1 is 0.882 bits per heavy atom. The molecule has 0 aliphatic heterocycles. The van der Waals surface area contributed by atoms with Gasteiger partial charge < -0.3 is 15.4 Å². The maximum atomic E-state index is 12.2. The van der Waals surface area contributed by atoms with Crippen molar-refractivity contribution in [1.29, 1.82) is 0 Å². The molecule has 0 atom stereocenters. The Balaban J connectivity index is 1.38. The zero-order valence-corrected chi connectivity index (χ0v) is 19.5. The Morgan fingerprint density at radius 2 is 1.59 bits per heavy atom. The molecular formula is C23H28N8O3. The first kappa shape index (κ1) is 24.6. The summed E-state index contributed by atoms with van der Waals surface area (Å²) in [6.45, 7) is 5.96. The van der Waals surface area contributed by atoms with Crippen molar-refractivity contribution in [3.63, 3.8) is 0 Å². The number of nitrogens with one attached hydrogen (secondary N) is 2. The predicted octanol–water partition coefficient (Wildman–Crippen LogP) is 3.41. The van der Waals surface area contributed by atoms with Gasteiger partial charge in [0.15, 0.2) is 0 Å². The van der Waals surface area contributed by atoms with Gasteiger partial charge in [-0.15, -0.1) is 20.4 Å². The predicted molar refractivity (Wildman–Crippen MR) is 125 cm³/mol. The summed E-state index contributed by atoms with van der Waals surface area (Å²) >= 11 is 0. The second kappa shape index (κ2) is 11.7. The molecule has 11 heteroatoms. The van der Waals surface area contributed by atoms with Crippen LogP contribution in [0.1, 0.15) is 46.5 Å². The van der Waals surface area contributed by atoms with E-state index in [1.807, 2.05) is 26.8 Å². The van der Waals surface area contributed by atoms with E-state index in [0.717, 1.165) is 12.8 Å². The Labute approximate surface area is 197 Å². The number of hydrogen-bond donors (Lipinski definition) is 2. The number of alkyl carbamates (subject to hydrolysis) is 1. The number of pyridine rings is 2. The standard InChI is InChI=1S/C23H28N8O3/c1-23(2,3)34-22(33)25-14-7-4-5-10-19(32)27-16-11-12-18(26-15-16)21-30-28-20(29-31-21)17-9-6-8-13-24-17/h6,8-9,11-13,15H,4-5,7,10,14H2,1-3H3,(H,25,33)(H,27,32). The molecule has 34 heavy (non-hydrogen) atoms. The number of unbranched alkanes of at least 4 members (excludes halogenated alkanes) is 2. The third kappa shape index (κ3) is 8.15. The first-order chi connectivity index (χ1) is 16.3. The van der Waals surface area contributed by atoms with Crippen LogP contribution in [-0.2, 0) is 9.53 Å². The normalized spacial score (nSPS) is 11.0.